The van der Waals surface area contributed by atoms with Crippen LogP contribution in [0.4, 0.5) is 17.6 Å². The normalized spacial score (nSPS) is 11.1. The predicted octanol–water partition coefficient (Wildman–Crippen LogP) is 11.7. The van der Waals surface area contributed by atoms with Crippen LogP contribution in [0.3, 0.4) is 0 Å². The Morgan fingerprint density at radius 2 is 1.00 bits per heavy atom. The van der Waals surface area contributed by atoms with Crippen molar-refractivity contribution in [1.29, 1.82) is 0 Å². The third kappa shape index (κ3) is 17.5. The van der Waals surface area contributed by atoms with E-state index >= 15 is 0 Å². The number of fused-ring (bicyclic) bond motifs is 2. The van der Waals surface area contributed by atoms with Gasteiger partial charge in [0.1, 0.15) is 22.7 Å². The lowest BCUT2D eigenvalue weighted by Gasteiger charge is -2.16. The molecule has 65 heavy (non-hydrogen) atoms. The highest BCUT2D eigenvalue weighted by Gasteiger charge is 2.28. The van der Waals surface area contributed by atoms with Crippen LogP contribution in [0.25, 0.3) is 44.2 Å². The van der Waals surface area contributed by atoms with Crippen LogP contribution in [0, 0.1) is 0 Å². The summed E-state index contributed by atoms with van der Waals surface area (Å²) in [4.78, 5) is 45.0. The lowest BCUT2D eigenvalue weighted by atomic mass is 10.1. The molecule has 2 heterocycles. The van der Waals surface area contributed by atoms with Gasteiger partial charge in [0.25, 0.3) is 0 Å². The van der Waals surface area contributed by atoms with Crippen molar-refractivity contribution in [2.75, 3.05) is 26.4 Å². The van der Waals surface area contributed by atoms with Gasteiger partial charge in [0.05, 0.1) is 30.9 Å². The van der Waals surface area contributed by atoms with E-state index < -0.39 is 34.3 Å². The van der Waals surface area contributed by atoms with E-state index in [-0.39, 0.29) is 77.8 Å². The van der Waals surface area contributed by atoms with Gasteiger partial charge in [0.2, 0.25) is 17.1 Å². The largest absolute Gasteiger partial charge is 0.493 e. The van der Waals surface area contributed by atoms with Crippen molar-refractivity contribution in [3.05, 3.63) is 155 Å². The molecule has 0 unspecified atom stereocenters. The molecule has 6 rings (SSSR count). The number of ether oxygens (including phenoxy) is 3. The van der Waals surface area contributed by atoms with E-state index in [0.29, 0.717) is 33.8 Å². The Morgan fingerprint density at radius 3 is 1.38 bits per heavy atom. The molecular formula is C50H49ClF4O10. The summed E-state index contributed by atoms with van der Waals surface area (Å²) >= 11 is 4.71. The summed E-state index contributed by atoms with van der Waals surface area (Å²) in [6.45, 7) is 6.25. The second-order valence-electron chi connectivity index (χ2n) is 14.5. The van der Waals surface area contributed by atoms with Gasteiger partial charge >= 0.3 is 17.2 Å². The summed E-state index contributed by atoms with van der Waals surface area (Å²) in [5.74, 6) is -5.39. The maximum absolute atomic E-state index is 13.9. The molecule has 0 saturated carbocycles. The number of aliphatic hydroxyl groups excluding tert-OH is 1. The topological polar surface area (TPSA) is 142 Å². The van der Waals surface area contributed by atoms with Crippen LogP contribution in [0.2, 0.25) is 0 Å². The summed E-state index contributed by atoms with van der Waals surface area (Å²) in [6.07, 6.45) is 1.20. The molecule has 0 aliphatic carbocycles. The van der Waals surface area contributed by atoms with Gasteiger partial charge in [-0.2, -0.15) is 0 Å². The molecule has 0 spiro atoms. The van der Waals surface area contributed by atoms with Gasteiger partial charge < -0.3 is 28.2 Å². The number of carbonyl (C=O) groups excluding carboxylic acids is 2. The van der Waals surface area contributed by atoms with Crippen LogP contribution in [-0.4, -0.2) is 54.6 Å². The molecule has 0 aliphatic rings. The molecular weight excluding hydrogens is 872 g/mol. The highest BCUT2D eigenvalue weighted by atomic mass is 35.5. The zero-order chi connectivity index (χ0) is 47.2. The quantitative estimate of drug-likeness (QED) is 0.0185. The number of alkyl halides is 4. The SMILES string of the molecule is C=CC(=O)Cl.C=CC(=O)OCCCC(F)(F)CCCOc1ccc2cc(-c3ccccc3)c(=O)oc2c1.O=c1oc2cc(OCCCC(F)(F)CCCO)ccc2cc1-c1ccccc1. The van der Waals surface area contributed by atoms with Crippen LogP contribution in [0.15, 0.2) is 153 Å². The summed E-state index contributed by atoms with van der Waals surface area (Å²) < 4.78 is 81.6. The molecule has 0 saturated heterocycles. The minimum absolute atomic E-state index is 0.0643. The van der Waals surface area contributed by atoms with E-state index in [0.717, 1.165) is 34.1 Å². The molecule has 6 aromatic rings. The number of allylic oxidation sites excluding steroid dienone is 1. The second kappa shape index (κ2) is 25.7. The van der Waals surface area contributed by atoms with Crippen molar-refractivity contribution in [1.82, 2.24) is 0 Å². The number of hydrogen-bond acceptors (Lipinski definition) is 10. The van der Waals surface area contributed by atoms with Gasteiger partial charge in [-0.25, -0.2) is 31.9 Å². The molecule has 0 amide bonds. The molecule has 0 fully saturated rings. The fraction of sp³-hybridized carbons (Fsp3) is 0.280. The van der Waals surface area contributed by atoms with Crippen molar-refractivity contribution < 1.29 is 55.3 Å². The monoisotopic (exact) mass is 920 g/mol. The number of halogens is 5. The van der Waals surface area contributed by atoms with Gasteiger partial charge in [-0.1, -0.05) is 73.8 Å². The van der Waals surface area contributed by atoms with Crippen LogP contribution < -0.4 is 20.7 Å². The van der Waals surface area contributed by atoms with Crippen molar-refractivity contribution >= 4 is 44.8 Å². The van der Waals surface area contributed by atoms with Crippen molar-refractivity contribution in [2.45, 2.75) is 63.2 Å². The first-order valence-electron chi connectivity index (χ1n) is 20.6. The van der Waals surface area contributed by atoms with Crippen molar-refractivity contribution in [2.24, 2.45) is 0 Å². The van der Waals surface area contributed by atoms with E-state index in [1.807, 2.05) is 60.7 Å². The van der Waals surface area contributed by atoms with Gasteiger partial charge in [-0.3, -0.25) is 4.79 Å². The molecule has 0 radical (unpaired) electrons. The first-order valence-corrected chi connectivity index (χ1v) is 21.0. The second-order valence-corrected chi connectivity index (χ2v) is 14.8. The molecule has 0 bridgehead atoms. The fourth-order valence-corrected chi connectivity index (χ4v) is 6.19. The third-order valence-corrected chi connectivity index (χ3v) is 9.61. The number of aliphatic hydroxyl groups is 1. The minimum Gasteiger partial charge on any atom is -0.493 e. The van der Waals surface area contributed by atoms with Crippen LogP contribution in [0.1, 0.15) is 51.4 Å². The van der Waals surface area contributed by atoms with Crippen LogP contribution in [-0.2, 0) is 14.3 Å². The average Bonchev–Trinajstić information content (AvgIpc) is 3.30. The average molecular weight is 921 g/mol. The molecule has 15 heteroatoms. The minimum atomic E-state index is -2.87. The Morgan fingerprint density at radius 1 is 0.600 bits per heavy atom. The molecule has 1 N–H and O–H groups in total. The predicted molar refractivity (Wildman–Crippen MR) is 243 cm³/mol. The number of esters is 1. The molecule has 2 aromatic heterocycles. The Labute approximate surface area is 377 Å². The first-order chi connectivity index (χ1) is 31.1. The van der Waals surface area contributed by atoms with E-state index in [1.165, 1.54) is 0 Å². The number of rotatable bonds is 21. The summed E-state index contributed by atoms with van der Waals surface area (Å²) in [5, 5.41) is 9.63. The van der Waals surface area contributed by atoms with Gasteiger partial charge in [0.15, 0.2) is 0 Å². The third-order valence-electron chi connectivity index (χ3n) is 9.45. The van der Waals surface area contributed by atoms with E-state index in [2.05, 4.69) is 13.2 Å². The number of benzene rings is 4. The number of carbonyl (C=O) groups is 2. The van der Waals surface area contributed by atoms with Gasteiger partial charge in [0, 0.05) is 61.3 Å². The Bertz CT molecular complexity index is 2600. The van der Waals surface area contributed by atoms with Crippen LogP contribution in [0.5, 0.6) is 11.5 Å². The molecule has 344 valence electrons. The smallest absolute Gasteiger partial charge is 0.344 e. The maximum atomic E-state index is 13.9. The summed E-state index contributed by atoms with van der Waals surface area (Å²) in [7, 11) is 0. The van der Waals surface area contributed by atoms with Crippen molar-refractivity contribution in [3.63, 3.8) is 0 Å². The standard InChI is InChI=1S/C25H24F2O5.C22H22F2O4.C3H3ClO/c1-2-23(28)31-15-7-13-25(26,27)12-6-14-30-20-11-10-19-16-21(18-8-4-3-5-9-18)24(29)32-22(19)17-20;23-22(24,10-4-12-25)11-5-13-27-18-9-8-17-14-19(16-6-2-1-3-7-16)21(26)28-20(17)15-18;1-2-3(4)5/h2-5,8-11,16-17H,1,6-7,12-15H2;1-3,6-9,14-15,25H,4-5,10-13H2;2H,1H2. The van der Waals surface area contributed by atoms with E-state index in [1.54, 1.807) is 48.5 Å². The van der Waals surface area contributed by atoms with Crippen LogP contribution >= 0.6 is 11.6 Å². The maximum Gasteiger partial charge on any atom is 0.344 e. The zero-order valence-corrected chi connectivity index (χ0v) is 36.2. The Balaban J connectivity index is 0.000000259. The summed E-state index contributed by atoms with van der Waals surface area (Å²) in [6, 6.07) is 32.1. The molecule has 10 nitrogen and oxygen atoms in total. The molecule has 4 aromatic carbocycles. The lowest BCUT2D eigenvalue weighted by molar-refractivity contribution is -0.138. The Kier molecular flexibility index (Phi) is 20.2. The molecule has 0 atom stereocenters. The fourth-order valence-electron chi connectivity index (χ4n) is 6.19. The van der Waals surface area contributed by atoms with Gasteiger partial charge in [-0.15, -0.1) is 0 Å². The highest BCUT2D eigenvalue weighted by Crippen LogP contribution is 2.29. The Hall–Kier alpha value is -6.51. The lowest BCUT2D eigenvalue weighted by Crippen LogP contribution is -2.18. The zero-order valence-electron chi connectivity index (χ0n) is 35.5. The van der Waals surface area contributed by atoms with Crippen molar-refractivity contribution in [3.8, 4) is 33.8 Å². The van der Waals surface area contributed by atoms with E-state index in [4.69, 9.17) is 39.8 Å². The summed E-state index contributed by atoms with van der Waals surface area (Å²) in [5.41, 5.74) is 2.34. The molecule has 0 aliphatic heterocycles. The van der Waals surface area contributed by atoms with Gasteiger partial charge in [-0.05, 0) is 90.9 Å². The number of hydrogen-bond donors (Lipinski definition) is 1. The first kappa shape index (κ1) is 51.1. The highest BCUT2D eigenvalue weighted by molar-refractivity contribution is 6.66. The van der Waals surface area contributed by atoms with E-state index in [9.17, 15) is 36.7 Å².